The Labute approximate surface area is 128 Å². The maximum atomic E-state index is 6.12. The van der Waals surface area contributed by atoms with Crippen LogP contribution in [0.2, 0.25) is 5.02 Å². The van der Waals surface area contributed by atoms with Gasteiger partial charge in [-0.05, 0) is 42.3 Å². The molecule has 1 aromatic heterocycles. The molecule has 0 unspecified atom stereocenters. The minimum absolute atomic E-state index is 0.364. The largest absolute Gasteiger partial charge is 0.295 e. The van der Waals surface area contributed by atoms with Gasteiger partial charge in [-0.15, -0.1) is 11.6 Å². The van der Waals surface area contributed by atoms with Crippen molar-refractivity contribution < 1.29 is 0 Å². The molecule has 0 aliphatic carbocycles. The molecule has 1 heterocycles. The number of halogens is 2. The fourth-order valence-corrected chi connectivity index (χ4v) is 2.74. The van der Waals surface area contributed by atoms with Gasteiger partial charge in [0.05, 0.1) is 16.9 Å². The molecule has 0 saturated heterocycles. The third-order valence-corrected chi connectivity index (χ3v) is 3.86. The molecule has 0 saturated carbocycles. The average molecular weight is 305 g/mol. The molecule has 3 rings (SSSR count). The molecule has 0 bridgehead atoms. The summed E-state index contributed by atoms with van der Waals surface area (Å²) in [4.78, 5) is 4.58. The Bertz CT molecular complexity index is 762. The molecule has 2 aromatic carbocycles. The van der Waals surface area contributed by atoms with Crippen molar-refractivity contribution in [3.8, 4) is 5.69 Å². The Morgan fingerprint density at radius 3 is 2.75 bits per heavy atom. The molecule has 0 radical (unpaired) electrons. The van der Waals surface area contributed by atoms with Gasteiger partial charge in [0.1, 0.15) is 5.82 Å². The van der Waals surface area contributed by atoms with Gasteiger partial charge < -0.3 is 0 Å². The third kappa shape index (κ3) is 2.30. The van der Waals surface area contributed by atoms with Crippen LogP contribution in [0, 0.1) is 0 Å². The van der Waals surface area contributed by atoms with E-state index in [2.05, 4.69) is 40.7 Å². The Morgan fingerprint density at radius 2 is 2.00 bits per heavy atom. The standard InChI is InChI=1S/C16H14Cl2N2/c1-2-11-4-3-5-13(8-11)20-15-9-12(18)6-7-14(15)19-16(20)10-17/h3-9H,2,10H2,1H3. The minimum atomic E-state index is 0.364. The molecule has 2 nitrogen and oxygen atoms in total. The smallest absolute Gasteiger partial charge is 0.129 e. The molecule has 0 amide bonds. The highest BCUT2D eigenvalue weighted by Crippen LogP contribution is 2.25. The van der Waals surface area contributed by atoms with Crippen molar-refractivity contribution in [2.24, 2.45) is 0 Å². The maximum Gasteiger partial charge on any atom is 0.129 e. The summed E-state index contributed by atoms with van der Waals surface area (Å²) in [7, 11) is 0. The molecule has 0 aliphatic rings. The average Bonchev–Trinajstić information content (AvgIpc) is 2.85. The van der Waals surface area contributed by atoms with E-state index in [-0.39, 0.29) is 0 Å². The van der Waals surface area contributed by atoms with E-state index in [0.29, 0.717) is 10.9 Å². The summed E-state index contributed by atoms with van der Waals surface area (Å²) in [5, 5.41) is 0.700. The number of fused-ring (bicyclic) bond motifs is 1. The molecular weight excluding hydrogens is 291 g/mol. The van der Waals surface area contributed by atoms with Gasteiger partial charge in [0.15, 0.2) is 0 Å². The van der Waals surface area contributed by atoms with E-state index in [1.54, 1.807) is 0 Å². The van der Waals surface area contributed by atoms with Gasteiger partial charge >= 0.3 is 0 Å². The van der Waals surface area contributed by atoms with Crippen LogP contribution in [0.25, 0.3) is 16.7 Å². The fraction of sp³-hybridized carbons (Fsp3) is 0.188. The van der Waals surface area contributed by atoms with Crippen LogP contribution in [0.3, 0.4) is 0 Å². The number of benzene rings is 2. The van der Waals surface area contributed by atoms with Gasteiger partial charge in [-0.3, -0.25) is 4.57 Å². The summed E-state index contributed by atoms with van der Waals surface area (Å²) in [5.41, 5.74) is 4.25. The SMILES string of the molecule is CCc1cccc(-n2c(CCl)nc3ccc(Cl)cc32)c1. The van der Waals surface area contributed by atoms with Crippen LogP contribution in [0.15, 0.2) is 42.5 Å². The predicted molar refractivity (Wildman–Crippen MR) is 85.0 cm³/mol. The number of nitrogens with zero attached hydrogens (tertiary/aromatic N) is 2. The van der Waals surface area contributed by atoms with Crippen LogP contribution < -0.4 is 0 Å². The molecular formula is C16H14Cl2N2. The number of aromatic nitrogens is 2. The Morgan fingerprint density at radius 1 is 1.15 bits per heavy atom. The molecule has 3 aromatic rings. The van der Waals surface area contributed by atoms with Crippen LogP contribution in [-0.4, -0.2) is 9.55 Å². The molecule has 102 valence electrons. The summed E-state index contributed by atoms with van der Waals surface area (Å²) in [6, 6.07) is 14.1. The highest BCUT2D eigenvalue weighted by molar-refractivity contribution is 6.31. The van der Waals surface area contributed by atoms with Crippen molar-refractivity contribution in [3.63, 3.8) is 0 Å². The summed E-state index contributed by atoms with van der Waals surface area (Å²) in [6.45, 7) is 2.14. The second-order valence-corrected chi connectivity index (χ2v) is 5.36. The van der Waals surface area contributed by atoms with Gasteiger partial charge in [-0.25, -0.2) is 4.98 Å². The zero-order chi connectivity index (χ0) is 14.1. The Balaban J connectivity index is 2.29. The van der Waals surface area contributed by atoms with Crippen LogP contribution in [0.4, 0.5) is 0 Å². The second-order valence-electron chi connectivity index (χ2n) is 4.65. The summed E-state index contributed by atoms with van der Waals surface area (Å²) < 4.78 is 2.08. The molecule has 0 atom stereocenters. The van der Waals surface area contributed by atoms with Gasteiger partial charge in [0.2, 0.25) is 0 Å². The van der Waals surface area contributed by atoms with E-state index in [4.69, 9.17) is 23.2 Å². The van der Waals surface area contributed by atoms with Crippen LogP contribution in [0.5, 0.6) is 0 Å². The quantitative estimate of drug-likeness (QED) is 0.624. The Hall–Kier alpha value is -1.51. The summed E-state index contributed by atoms with van der Waals surface area (Å²) in [6.07, 6.45) is 0.997. The van der Waals surface area contributed by atoms with E-state index in [0.717, 1.165) is 29.0 Å². The molecule has 0 spiro atoms. The first kappa shape index (κ1) is 13.5. The molecule has 0 aliphatic heterocycles. The lowest BCUT2D eigenvalue weighted by Gasteiger charge is -2.09. The third-order valence-electron chi connectivity index (χ3n) is 3.38. The number of hydrogen-bond donors (Lipinski definition) is 0. The normalized spacial score (nSPS) is 11.2. The monoisotopic (exact) mass is 304 g/mol. The van der Waals surface area contributed by atoms with Gasteiger partial charge in [-0.2, -0.15) is 0 Å². The zero-order valence-electron chi connectivity index (χ0n) is 11.1. The van der Waals surface area contributed by atoms with Crippen LogP contribution in [-0.2, 0) is 12.3 Å². The topological polar surface area (TPSA) is 17.8 Å². The van der Waals surface area contributed by atoms with E-state index >= 15 is 0 Å². The van der Waals surface area contributed by atoms with Crippen molar-refractivity contribution in [2.45, 2.75) is 19.2 Å². The van der Waals surface area contributed by atoms with Crippen molar-refractivity contribution >= 4 is 34.2 Å². The van der Waals surface area contributed by atoms with Crippen LogP contribution >= 0.6 is 23.2 Å². The number of rotatable bonds is 3. The number of hydrogen-bond acceptors (Lipinski definition) is 1. The van der Waals surface area contributed by atoms with Gasteiger partial charge in [-0.1, -0.05) is 30.7 Å². The summed E-state index contributed by atoms with van der Waals surface area (Å²) >= 11 is 12.2. The van der Waals surface area contributed by atoms with E-state index in [1.165, 1.54) is 5.56 Å². The number of alkyl halides is 1. The van der Waals surface area contributed by atoms with Gasteiger partial charge in [0, 0.05) is 10.7 Å². The lowest BCUT2D eigenvalue weighted by Crippen LogP contribution is -2.00. The molecule has 0 fully saturated rings. The lowest BCUT2D eigenvalue weighted by atomic mass is 10.1. The number of aryl methyl sites for hydroxylation is 1. The lowest BCUT2D eigenvalue weighted by molar-refractivity contribution is 0.975. The first-order valence-corrected chi connectivity index (χ1v) is 7.46. The van der Waals surface area contributed by atoms with Crippen molar-refractivity contribution in [2.75, 3.05) is 0 Å². The molecule has 20 heavy (non-hydrogen) atoms. The predicted octanol–water partition coefficient (Wildman–Crippen LogP) is 4.98. The maximum absolute atomic E-state index is 6.12. The highest BCUT2D eigenvalue weighted by Gasteiger charge is 2.12. The van der Waals surface area contributed by atoms with Crippen molar-refractivity contribution in [1.29, 1.82) is 0 Å². The molecule has 4 heteroatoms. The van der Waals surface area contributed by atoms with E-state index in [1.807, 2.05) is 18.2 Å². The Kier molecular flexibility index (Phi) is 3.68. The first-order chi connectivity index (χ1) is 9.72. The van der Waals surface area contributed by atoms with Crippen molar-refractivity contribution in [3.05, 3.63) is 58.9 Å². The van der Waals surface area contributed by atoms with E-state index < -0.39 is 0 Å². The summed E-state index contributed by atoms with van der Waals surface area (Å²) in [5.74, 6) is 1.19. The highest BCUT2D eigenvalue weighted by atomic mass is 35.5. The van der Waals surface area contributed by atoms with E-state index in [9.17, 15) is 0 Å². The van der Waals surface area contributed by atoms with Gasteiger partial charge in [0.25, 0.3) is 0 Å². The fourth-order valence-electron chi connectivity index (χ4n) is 2.39. The molecule has 0 N–H and O–H groups in total. The number of imidazole rings is 1. The van der Waals surface area contributed by atoms with Crippen LogP contribution in [0.1, 0.15) is 18.3 Å². The minimum Gasteiger partial charge on any atom is -0.295 e. The first-order valence-electron chi connectivity index (χ1n) is 6.55. The van der Waals surface area contributed by atoms with Crippen molar-refractivity contribution in [1.82, 2.24) is 9.55 Å². The zero-order valence-corrected chi connectivity index (χ0v) is 12.6. The second kappa shape index (κ2) is 5.47.